The van der Waals surface area contributed by atoms with Crippen LogP contribution >= 0.6 is 0 Å². The Kier molecular flexibility index (Phi) is 11.1. The fraction of sp³-hybridized carbons (Fsp3) is 0.600. The van der Waals surface area contributed by atoms with Crippen LogP contribution in [0.2, 0.25) is 0 Å². The summed E-state index contributed by atoms with van der Waals surface area (Å²) in [6.45, 7) is 13.2. The maximum absolute atomic E-state index is 2.42. The van der Waals surface area contributed by atoms with E-state index >= 15 is 0 Å². The molecule has 0 heteroatoms. The first-order valence-electron chi connectivity index (χ1n) is 8.03. The van der Waals surface area contributed by atoms with E-state index in [1.807, 2.05) is 0 Å². The molecule has 0 radical (unpaired) electrons. The second-order valence-electron chi connectivity index (χ2n) is 6.19. The predicted molar refractivity (Wildman–Crippen MR) is 94.0 cm³/mol. The first kappa shape index (κ1) is 19.0. The molecule has 0 aromatic rings. The Morgan fingerprint density at radius 2 is 1.65 bits per heavy atom. The molecule has 0 aliphatic heterocycles. The van der Waals surface area contributed by atoms with Gasteiger partial charge >= 0.3 is 0 Å². The zero-order valence-electron chi connectivity index (χ0n) is 14.5. The monoisotopic (exact) mass is 274 g/mol. The summed E-state index contributed by atoms with van der Waals surface area (Å²) in [5, 5.41) is 0. The molecule has 0 heterocycles. The van der Waals surface area contributed by atoms with Gasteiger partial charge in [0.15, 0.2) is 0 Å². The summed E-state index contributed by atoms with van der Waals surface area (Å²) in [6, 6.07) is 0. The van der Waals surface area contributed by atoms with Crippen molar-refractivity contribution >= 4 is 0 Å². The SMILES string of the molecule is CC=C(C)C/C=C/C(C)CCC=C(C)CCC=C(C)C. The molecule has 1 unspecified atom stereocenters. The maximum Gasteiger partial charge on any atom is -0.0142 e. The van der Waals surface area contributed by atoms with Crippen LogP contribution in [0, 0.1) is 5.92 Å². The molecule has 0 amide bonds. The Labute approximate surface area is 127 Å². The quantitative estimate of drug-likeness (QED) is 0.397. The number of allylic oxidation sites excluding steroid dienone is 8. The summed E-state index contributed by atoms with van der Waals surface area (Å²) in [7, 11) is 0. The third-order valence-electron chi connectivity index (χ3n) is 3.60. The van der Waals surface area contributed by atoms with Crippen molar-refractivity contribution in [2.24, 2.45) is 5.92 Å². The van der Waals surface area contributed by atoms with E-state index in [-0.39, 0.29) is 0 Å². The highest BCUT2D eigenvalue weighted by Gasteiger charge is 1.96. The van der Waals surface area contributed by atoms with Gasteiger partial charge in [0, 0.05) is 0 Å². The van der Waals surface area contributed by atoms with Gasteiger partial charge in [0.1, 0.15) is 0 Å². The van der Waals surface area contributed by atoms with Crippen molar-refractivity contribution in [1.29, 1.82) is 0 Å². The first-order valence-corrected chi connectivity index (χ1v) is 8.03. The van der Waals surface area contributed by atoms with Crippen molar-refractivity contribution in [3.05, 3.63) is 47.1 Å². The third kappa shape index (κ3) is 12.0. The van der Waals surface area contributed by atoms with Crippen molar-refractivity contribution < 1.29 is 0 Å². The molecule has 0 saturated heterocycles. The molecule has 0 spiro atoms. The van der Waals surface area contributed by atoms with Gasteiger partial charge in [-0.1, -0.05) is 54.0 Å². The van der Waals surface area contributed by atoms with Gasteiger partial charge in [-0.3, -0.25) is 0 Å². The molecular weight excluding hydrogens is 240 g/mol. The van der Waals surface area contributed by atoms with Crippen LogP contribution in [0.15, 0.2) is 47.1 Å². The van der Waals surface area contributed by atoms with E-state index in [4.69, 9.17) is 0 Å². The van der Waals surface area contributed by atoms with Gasteiger partial charge in [-0.15, -0.1) is 0 Å². The lowest BCUT2D eigenvalue weighted by Gasteiger charge is -2.05. The molecule has 0 aromatic heterocycles. The summed E-state index contributed by atoms with van der Waals surface area (Å²) in [5.41, 5.74) is 4.40. The summed E-state index contributed by atoms with van der Waals surface area (Å²) in [5.74, 6) is 0.682. The molecule has 0 bridgehead atoms. The van der Waals surface area contributed by atoms with Gasteiger partial charge in [-0.05, 0) is 72.6 Å². The third-order valence-corrected chi connectivity index (χ3v) is 3.60. The second-order valence-corrected chi connectivity index (χ2v) is 6.19. The maximum atomic E-state index is 2.42. The van der Waals surface area contributed by atoms with E-state index < -0.39 is 0 Å². The minimum absolute atomic E-state index is 0.682. The molecule has 0 saturated carbocycles. The predicted octanol–water partition coefficient (Wildman–Crippen LogP) is 7.01. The molecule has 0 N–H and O–H groups in total. The van der Waals surface area contributed by atoms with E-state index in [1.54, 1.807) is 0 Å². The topological polar surface area (TPSA) is 0 Å². The molecule has 0 aliphatic carbocycles. The average molecular weight is 274 g/mol. The molecular formula is C20H34. The molecule has 0 rings (SSSR count). The Morgan fingerprint density at radius 1 is 0.950 bits per heavy atom. The Bertz CT molecular complexity index is 359. The van der Waals surface area contributed by atoms with Crippen LogP contribution < -0.4 is 0 Å². The lowest BCUT2D eigenvalue weighted by atomic mass is 10.0. The van der Waals surface area contributed by atoms with Crippen LogP contribution in [0.5, 0.6) is 0 Å². The van der Waals surface area contributed by atoms with Crippen LogP contribution in [0.4, 0.5) is 0 Å². The molecule has 0 fully saturated rings. The standard InChI is InChI=1S/C20H34/c1-7-18(4)12-9-14-20(6)16-10-15-19(5)13-8-11-17(2)3/h7,9,11,14-15,20H,8,10,12-13,16H2,1-6H3/b14-9+,18-7?,19-15?. The highest BCUT2D eigenvalue weighted by atomic mass is 14.0. The van der Waals surface area contributed by atoms with Gasteiger partial charge in [-0.25, -0.2) is 0 Å². The fourth-order valence-corrected chi connectivity index (χ4v) is 1.98. The van der Waals surface area contributed by atoms with Crippen LogP contribution in [-0.2, 0) is 0 Å². The number of rotatable bonds is 9. The second kappa shape index (κ2) is 11.8. The van der Waals surface area contributed by atoms with Crippen LogP contribution in [-0.4, -0.2) is 0 Å². The normalized spacial score (nSPS) is 14.7. The molecule has 0 aromatic carbocycles. The average Bonchev–Trinajstić information content (AvgIpc) is 2.38. The molecule has 0 aliphatic rings. The van der Waals surface area contributed by atoms with E-state index in [0.717, 1.165) is 6.42 Å². The largest absolute Gasteiger partial charge is 0.0884 e. The van der Waals surface area contributed by atoms with Gasteiger partial charge in [-0.2, -0.15) is 0 Å². The minimum atomic E-state index is 0.682. The van der Waals surface area contributed by atoms with Crippen LogP contribution in [0.3, 0.4) is 0 Å². The summed E-state index contributed by atoms with van der Waals surface area (Å²) in [6.07, 6.45) is 17.5. The fourth-order valence-electron chi connectivity index (χ4n) is 1.98. The zero-order chi connectivity index (χ0) is 15.4. The highest BCUT2D eigenvalue weighted by molar-refractivity contribution is 5.05. The highest BCUT2D eigenvalue weighted by Crippen LogP contribution is 2.13. The number of hydrogen-bond donors (Lipinski definition) is 0. The van der Waals surface area contributed by atoms with Crippen molar-refractivity contribution in [2.75, 3.05) is 0 Å². The Morgan fingerprint density at radius 3 is 2.25 bits per heavy atom. The summed E-state index contributed by atoms with van der Waals surface area (Å²) < 4.78 is 0. The van der Waals surface area contributed by atoms with E-state index in [1.165, 1.54) is 42.4 Å². The van der Waals surface area contributed by atoms with Gasteiger partial charge in [0.25, 0.3) is 0 Å². The Hall–Kier alpha value is -1.04. The molecule has 20 heavy (non-hydrogen) atoms. The van der Waals surface area contributed by atoms with Crippen molar-refractivity contribution in [2.45, 2.75) is 73.6 Å². The van der Waals surface area contributed by atoms with Gasteiger partial charge < -0.3 is 0 Å². The van der Waals surface area contributed by atoms with Crippen LogP contribution in [0.25, 0.3) is 0 Å². The van der Waals surface area contributed by atoms with E-state index in [9.17, 15) is 0 Å². The lowest BCUT2D eigenvalue weighted by molar-refractivity contribution is 0.653. The van der Waals surface area contributed by atoms with Crippen LogP contribution in [0.1, 0.15) is 73.6 Å². The number of hydrogen-bond acceptors (Lipinski definition) is 0. The zero-order valence-corrected chi connectivity index (χ0v) is 14.5. The van der Waals surface area contributed by atoms with Gasteiger partial charge in [0.05, 0.1) is 0 Å². The van der Waals surface area contributed by atoms with E-state index in [0.29, 0.717) is 5.92 Å². The van der Waals surface area contributed by atoms with Crippen molar-refractivity contribution in [3.8, 4) is 0 Å². The molecule has 114 valence electrons. The smallest absolute Gasteiger partial charge is 0.0142 e. The molecule has 1 atom stereocenters. The first-order chi connectivity index (χ1) is 9.45. The summed E-state index contributed by atoms with van der Waals surface area (Å²) >= 11 is 0. The minimum Gasteiger partial charge on any atom is -0.0884 e. The van der Waals surface area contributed by atoms with Crippen molar-refractivity contribution in [3.63, 3.8) is 0 Å². The summed E-state index contributed by atoms with van der Waals surface area (Å²) in [4.78, 5) is 0. The lowest BCUT2D eigenvalue weighted by Crippen LogP contribution is -1.89. The molecule has 0 nitrogen and oxygen atoms in total. The van der Waals surface area contributed by atoms with Crippen molar-refractivity contribution in [1.82, 2.24) is 0 Å². The van der Waals surface area contributed by atoms with E-state index in [2.05, 4.69) is 71.9 Å². The Balaban J connectivity index is 3.89. The van der Waals surface area contributed by atoms with Gasteiger partial charge in [0.2, 0.25) is 0 Å².